The van der Waals surface area contributed by atoms with Crippen LogP contribution < -0.4 is 10.2 Å². The summed E-state index contributed by atoms with van der Waals surface area (Å²) < 4.78 is 0. The summed E-state index contributed by atoms with van der Waals surface area (Å²) in [6.45, 7) is 3.20. The normalized spacial score (nSPS) is 22.9. The molecule has 0 aromatic heterocycles. The summed E-state index contributed by atoms with van der Waals surface area (Å²) in [7, 11) is 4.36. The number of likely N-dealkylation sites (N-methyl/N-ethyl adjacent to an activating group) is 1. The Morgan fingerprint density at radius 2 is 2.10 bits per heavy atom. The van der Waals surface area contributed by atoms with Crippen LogP contribution in [0.4, 0.5) is 5.69 Å². The zero-order valence-corrected chi connectivity index (χ0v) is 13.9. The van der Waals surface area contributed by atoms with Gasteiger partial charge in [-0.15, -0.1) is 0 Å². The minimum Gasteiger partial charge on any atom is -0.370 e. The SMILES string of the molecule is CN(C)C1CCCN(c2cc(Cl)ccc2CNC2CC2)C1. The third-order valence-corrected chi connectivity index (χ3v) is 4.91. The number of rotatable bonds is 5. The molecule has 0 bridgehead atoms. The Balaban J connectivity index is 1.76. The minimum absolute atomic E-state index is 0.641. The van der Waals surface area contributed by atoms with Crippen molar-refractivity contribution in [3.05, 3.63) is 28.8 Å². The summed E-state index contributed by atoms with van der Waals surface area (Å²) in [6, 6.07) is 7.73. The van der Waals surface area contributed by atoms with E-state index in [2.05, 4.69) is 41.3 Å². The summed E-state index contributed by atoms with van der Waals surface area (Å²) >= 11 is 6.25. The van der Waals surface area contributed by atoms with Crippen molar-refractivity contribution in [3.8, 4) is 0 Å². The summed E-state index contributed by atoms with van der Waals surface area (Å²) in [5, 5.41) is 4.47. The quantitative estimate of drug-likeness (QED) is 0.901. The fourth-order valence-electron chi connectivity index (χ4n) is 3.12. The van der Waals surface area contributed by atoms with Crippen LogP contribution in [0.3, 0.4) is 0 Å². The summed E-state index contributed by atoms with van der Waals surface area (Å²) in [6.07, 6.45) is 5.20. The molecule has 3 rings (SSSR count). The van der Waals surface area contributed by atoms with E-state index in [0.717, 1.165) is 30.7 Å². The molecule has 2 fully saturated rings. The lowest BCUT2D eigenvalue weighted by Crippen LogP contribution is -2.45. The molecule has 4 heteroatoms. The molecule has 0 spiro atoms. The van der Waals surface area contributed by atoms with E-state index in [-0.39, 0.29) is 0 Å². The first-order valence-corrected chi connectivity index (χ1v) is 8.44. The summed E-state index contributed by atoms with van der Waals surface area (Å²) in [5.74, 6) is 0. The number of hydrogen-bond donors (Lipinski definition) is 1. The molecule has 1 saturated heterocycles. The second kappa shape index (κ2) is 6.55. The third kappa shape index (κ3) is 3.91. The van der Waals surface area contributed by atoms with Gasteiger partial charge in [0.05, 0.1) is 0 Å². The van der Waals surface area contributed by atoms with Crippen molar-refractivity contribution in [2.75, 3.05) is 32.1 Å². The van der Waals surface area contributed by atoms with Crippen LogP contribution in [0.15, 0.2) is 18.2 Å². The molecule has 1 aliphatic carbocycles. The zero-order chi connectivity index (χ0) is 14.8. The lowest BCUT2D eigenvalue weighted by atomic mass is 10.0. The van der Waals surface area contributed by atoms with Crippen LogP contribution in [0.5, 0.6) is 0 Å². The van der Waals surface area contributed by atoms with E-state index in [1.807, 2.05) is 6.07 Å². The van der Waals surface area contributed by atoms with Crippen LogP contribution >= 0.6 is 11.6 Å². The molecule has 1 aromatic rings. The maximum atomic E-state index is 6.25. The van der Waals surface area contributed by atoms with Gasteiger partial charge >= 0.3 is 0 Å². The predicted molar refractivity (Wildman–Crippen MR) is 90.2 cm³/mol. The maximum absolute atomic E-state index is 6.25. The molecule has 1 unspecified atom stereocenters. The van der Waals surface area contributed by atoms with Crippen LogP contribution in [0.1, 0.15) is 31.2 Å². The van der Waals surface area contributed by atoms with Crippen molar-refractivity contribution in [1.29, 1.82) is 0 Å². The van der Waals surface area contributed by atoms with E-state index in [9.17, 15) is 0 Å². The van der Waals surface area contributed by atoms with Gasteiger partial charge < -0.3 is 15.1 Å². The Morgan fingerprint density at radius 3 is 2.81 bits per heavy atom. The highest BCUT2D eigenvalue weighted by Gasteiger charge is 2.24. The largest absolute Gasteiger partial charge is 0.370 e. The fourth-order valence-corrected chi connectivity index (χ4v) is 3.28. The van der Waals surface area contributed by atoms with Gasteiger partial charge in [-0.1, -0.05) is 17.7 Å². The molecule has 3 nitrogen and oxygen atoms in total. The first-order valence-electron chi connectivity index (χ1n) is 8.06. The molecule has 1 aromatic carbocycles. The topological polar surface area (TPSA) is 18.5 Å². The molecule has 1 saturated carbocycles. The Bertz CT molecular complexity index is 485. The molecule has 1 aliphatic heterocycles. The Kier molecular flexibility index (Phi) is 4.72. The van der Waals surface area contributed by atoms with E-state index >= 15 is 0 Å². The van der Waals surface area contributed by atoms with Gasteiger partial charge in [0, 0.05) is 42.4 Å². The van der Waals surface area contributed by atoms with Gasteiger partial charge in [-0.3, -0.25) is 0 Å². The number of nitrogens with one attached hydrogen (secondary N) is 1. The number of anilines is 1. The lowest BCUT2D eigenvalue weighted by Gasteiger charge is -2.38. The summed E-state index contributed by atoms with van der Waals surface area (Å²) in [5.41, 5.74) is 2.70. The van der Waals surface area contributed by atoms with Crippen molar-refractivity contribution in [2.24, 2.45) is 0 Å². The second-order valence-corrected chi connectivity index (χ2v) is 7.07. The van der Waals surface area contributed by atoms with Crippen molar-refractivity contribution < 1.29 is 0 Å². The molecular weight excluding hydrogens is 282 g/mol. The van der Waals surface area contributed by atoms with Crippen molar-refractivity contribution in [1.82, 2.24) is 10.2 Å². The fraction of sp³-hybridized carbons (Fsp3) is 0.647. The molecule has 0 radical (unpaired) electrons. The summed E-state index contributed by atoms with van der Waals surface area (Å²) in [4.78, 5) is 4.86. The van der Waals surface area contributed by atoms with Crippen molar-refractivity contribution in [3.63, 3.8) is 0 Å². The van der Waals surface area contributed by atoms with Crippen LogP contribution in [-0.2, 0) is 6.54 Å². The highest BCUT2D eigenvalue weighted by molar-refractivity contribution is 6.30. The number of halogens is 1. The standard InChI is InChI=1S/C17H26ClN3/c1-20(2)16-4-3-9-21(12-16)17-10-14(18)6-5-13(17)11-19-15-7-8-15/h5-6,10,15-16,19H,3-4,7-9,11-12H2,1-2H3. The average Bonchev–Trinajstić information content (AvgIpc) is 3.30. The van der Waals surface area contributed by atoms with Gasteiger partial charge in [0.2, 0.25) is 0 Å². The van der Waals surface area contributed by atoms with Crippen molar-refractivity contribution >= 4 is 17.3 Å². The third-order valence-electron chi connectivity index (χ3n) is 4.67. The Morgan fingerprint density at radius 1 is 1.29 bits per heavy atom. The number of nitrogens with zero attached hydrogens (tertiary/aromatic N) is 2. The van der Waals surface area contributed by atoms with Gasteiger partial charge in [0.1, 0.15) is 0 Å². The van der Waals surface area contributed by atoms with Gasteiger partial charge in [-0.05, 0) is 57.5 Å². The molecule has 1 atom stereocenters. The van der Waals surface area contributed by atoms with E-state index < -0.39 is 0 Å². The smallest absolute Gasteiger partial charge is 0.0427 e. The van der Waals surface area contributed by atoms with E-state index in [4.69, 9.17) is 11.6 Å². The molecule has 1 N–H and O–H groups in total. The minimum atomic E-state index is 0.641. The highest BCUT2D eigenvalue weighted by atomic mass is 35.5. The van der Waals surface area contributed by atoms with Crippen LogP contribution in [0.2, 0.25) is 5.02 Å². The lowest BCUT2D eigenvalue weighted by molar-refractivity contribution is 0.258. The Labute approximate surface area is 133 Å². The van der Waals surface area contributed by atoms with E-state index in [0.29, 0.717) is 6.04 Å². The van der Waals surface area contributed by atoms with E-state index in [1.165, 1.54) is 36.9 Å². The molecular formula is C17H26ClN3. The van der Waals surface area contributed by atoms with E-state index in [1.54, 1.807) is 0 Å². The van der Waals surface area contributed by atoms with Crippen LogP contribution in [0.25, 0.3) is 0 Å². The number of benzene rings is 1. The van der Waals surface area contributed by atoms with Gasteiger partial charge in [0.25, 0.3) is 0 Å². The van der Waals surface area contributed by atoms with Gasteiger partial charge in [-0.2, -0.15) is 0 Å². The second-order valence-electron chi connectivity index (χ2n) is 6.63. The first kappa shape index (κ1) is 15.1. The highest BCUT2D eigenvalue weighted by Crippen LogP contribution is 2.29. The monoisotopic (exact) mass is 307 g/mol. The maximum Gasteiger partial charge on any atom is 0.0427 e. The first-order chi connectivity index (χ1) is 10.1. The van der Waals surface area contributed by atoms with Crippen molar-refractivity contribution in [2.45, 2.75) is 44.3 Å². The van der Waals surface area contributed by atoms with Gasteiger partial charge in [0.15, 0.2) is 0 Å². The van der Waals surface area contributed by atoms with Crippen LogP contribution in [-0.4, -0.2) is 44.2 Å². The van der Waals surface area contributed by atoms with Crippen LogP contribution in [0, 0.1) is 0 Å². The van der Waals surface area contributed by atoms with Gasteiger partial charge in [-0.25, -0.2) is 0 Å². The molecule has 2 aliphatic rings. The molecule has 116 valence electrons. The zero-order valence-electron chi connectivity index (χ0n) is 13.1. The number of piperidine rings is 1. The molecule has 0 amide bonds. The average molecular weight is 308 g/mol. The Hall–Kier alpha value is -0.770. The number of hydrogen-bond acceptors (Lipinski definition) is 3. The predicted octanol–water partition coefficient (Wildman–Crippen LogP) is 3.12. The molecule has 21 heavy (non-hydrogen) atoms. The molecule has 1 heterocycles.